The minimum atomic E-state index is -0.107. The van der Waals surface area contributed by atoms with Gasteiger partial charge in [-0.1, -0.05) is 6.07 Å². The molecule has 0 unspecified atom stereocenters. The molecule has 2 amide bonds. The summed E-state index contributed by atoms with van der Waals surface area (Å²) < 4.78 is 16.8. The number of nitrogens with zero attached hydrogens (tertiary/aromatic N) is 1. The summed E-state index contributed by atoms with van der Waals surface area (Å²) >= 11 is 0. The maximum atomic E-state index is 11.6. The summed E-state index contributed by atoms with van der Waals surface area (Å²) in [6, 6.07) is 17.1. The molecule has 0 fully saturated rings. The minimum Gasteiger partial charge on any atom is -0.491 e. The van der Waals surface area contributed by atoms with Crippen molar-refractivity contribution >= 4 is 29.0 Å². The Balaban J connectivity index is 1.10. The van der Waals surface area contributed by atoms with Crippen LogP contribution in [0.5, 0.6) is 5.75 Å². The summed E-state index contributed by atoms with van der Waals surface area (Å²) in [4.78, 5) is 27.1. The van der Waals surface area contributed by atoms with Crippen molar-refractivity contribution in [3.05, 3.63) is 66.4 Å². The molecular weight excluding hydrogens is 460 g/mol. The molecule has 0 atom stereocenters. The highest BCUT2D eigenvalue weighted by atomic mass is 16.5. The minimum absolute atomic E-state index is 0.0230. The zero-order valence-corrected chi connectivity index (χ0v) is 20.2. The Kier molecular flexibility index (Phi) is 8.85. The van der Waals surface area contributed by atoms with Crippen LogP contribution in [0.2, 0.25) is 0 Å². The Bertz CT molecular complexity index is 1180. The van der Waals surface area contributed by atoms with E-state index in [1.54, 1.807) is 30.5 Å². The average Bonchev–Trinajstić information content (AvgIpc) is 3.25. The monoisotopic (exact) mass is 490 g/mol. The zero-order valence-electron chi connectivity index (χ0n) is 20.2. The second-order valence-corrected chi connectivity index (χ2v) is 8.20. The molecule has 36 heavy (non-hydrogen) atoms. The Hall–Kier alpha value is -3.95. The van der Waals surface area contributed by atoms with Gasteiger partial charge in [-0.2, -0.15) is 0 Å². The number of carbonyl (C=O) groups is 2. The van der Waals surface area contributed by atoms with Crippen molar-refractivity contribution in [1.82, 2.24) is 4.98 Å². The molecule has 0 saturated heterocycles. The second kappa shape index (κ2) is 12.7. The van der Waals surface area contributed by atoms with E-state index in [4.69, 9.17) is 14.2 Å². The van der Waals surface area contributed by atoms with E-state index < -0.39 is 0 Å². The normalized spacial score (nSPS) is 12.1. The van der Waals surface area contributed by atoms with Gasteiger partial charge in [0.2, 0.25) is 11.8 Å². The number of carbonyl (C=O) groups excluding carboxylic acids is 2. The van der Waals surface area contributed by atoms with Crippen molar-refractivity contribution in [2.75, 3.05) is 55.5 Å². The molecule has 1 aliphatic rings. The number of pyridine rings is 1. The molecule has 1 aromatic heterocycles. The van der Waals surface area contributed by atoms with Crippen LogP contribution < -0.4 is 20.7 Å². The van der Waals surface area contributed by atoms with Gasteiger partial charge in [-0.3, -0.25) is 9.59 Å². The van der Waals surface area contributed by atoms with Crippen LogP contribution in [0.4, 0.5) is 17.2 Å². The molecule has 2 heterocycles. The number of amides is 2. The molecular formula is C27H30N4O5. The highest BCUT2D eigenvalue weighted by molar-refractivity contribution is 6.00. The number of hydrogen-bond donors (Lipinski definition) is 3. The van der Waals surface area contributed by atoms with E-state index in [1.807, 2.05) is 30.3 Å². The van der Waals surface area contributed by atoms with Gasteiger partial charge >= 0.3 is 0 Å². The Morgan fingerprint density at radius 2 is 1.78 bits per heavy atom. The Labute approximate surface area is 210 Å². The van der Waals surface area contributed by atoms with E-state index in [-0.39, 0.29) is 11.8 Å². The molecule has 0 aliphatic carbocycles. The molecule has 188 valence electrons. The lowest BCUT2D eigenvalue weighted by Crippen LogP contribution is -2.15. The first kappa shape index (κ1) is 25.2. The van der Waals surface area contributed by atoms with Crippen LogP contribution in [0.25, 0.3) is 11.1 Å². The number of fused-ring (bicyclic) bond motifs is 1. The van der Waals surface area contributed by atoms with Crippen molar-refractivity contribution in [2.24, 2.45) is 0 Å². The molecule has 0 spiro atoms. The van der Waals surface area contributed by atoms with Crippen molar-refractivity contribution in [3.8, 4) is 16.9 Å². The first-order valence-electron chi connectivity index (χ1n) is 11.9. The summed E-state index contributed by atoms with van der Waals surface area (Å²) in [7, 11) is 0. The average molecular weight is 491 g/mol. The fraction of sp³-hybridized carbons (Fsp3) is 0.296. The van der Waals surface area contributed by atoms with Crippen LogP contribution in [0.15, 0.2) is 60.8 Å². The van der Waals surface area contributed by atoms with E-state index >= 15 is 0 Å². The predicted octanol–water partition coefficient (Wildman–Crippen LogP) is 3.73. The molecule has 0 saturated carbocycles. The van der Waals surface area contributed by atoms with E-state index in [9.17, 15) is 9.59 Å². The largest absolute Gasteiger partial charge is 0.491 e. The lowest BCUT2D eigenvalue weighted by atomic mass is 10.0. The molecule has 9 nitrogen and oxygen atoms in total. The topological polar surface area (TPSA) is 111 Å². The van der Waals surface area contributed by atoms with Crippen LogP contribution in [0, 0.1) is 0 Å². The third-order valence-corrected chi connectivity index (χ3v) is 5.43. The zero-order chi connectivity index (χ0) is 25.2. The van der Waals surface area contributed by atoms with E-state index in [0.717, 1.165) is 33.9 Å². The number of rotatable bonds is 13. The highest BCUT2D eigenvalue weighted by Crippen LogP contribution is 2.31. The number of hydrogen-bond acceptors (Lipinski definition) is 7. The van der Waals surface area contributed by atoms with Crippen LogP contribution in [0.1, 0.15) is 12.5 Å². The van der Waals surface area contributed by atoms with Crippen LogP contribution in [0.3, 0.4) is 0 Å². The lowest BCUT2D eigenvalue weighted by Gasteiger charge is -2.12. The SMILES string of the molecule is CC(=O)Nc1ccc(OCCOCCOCCNc2ncccc2-c2ccc3c(c2)CC(=O)N3)cc1. The fourth-order valence-electron chi connectivity index (χ4n) is 3.80. The lowest BCUT2D eigenvalue weighted by molar-refractivity contribution is -0.115. The van der Waals surface area contributed by atoms with Crippen molar-refractivity contribution in [1.29, 1.82) is 0 Å². The summed E-state index contributed by atoms with van der Waals surface area (Å²) in [5.41, 5.74) is 4.60. The number of aromatic nitrogens is 1. The van der Waals surface area contributed by atoms with Crippen molar-refractivity contribution < 1.29 is 23.8 Å². The van der Waals surface area contributed by atoms with Gasteiger partial charge in [0.15, 0.2) is 0 Å². The summed E-state index contributed by atoms with van der Waals surface area (Å²) in [5, 5.41) is 8.90. The Morgan fingerprint density at radius 1 is 1.00 bits per heavy atom. The molecule has 3 aromatic rings. The standard InChI is InChI=1S/C27H30N4O5/c1-19(32)30-22-5-7-23(8-6-22)36-16-15-35-14-13-34-12-11-29-27-24(3-2-10-28-27)20-4-9-25-21(17-20)18-26(33)31-25/h2-10,17H,11-16,18H2,1H3,(H,28,29)(H,30,32)(H,31,33). The molecule has 3 N–H and O–H groups in total. The van der Waals surface area contributed by atoms with Gasteiger partial charge in [-0.25, -0.2) is 4.98 Å². The summed E-state index contributed by atoms with van der Waals surface area (Å²) in [6.45, 7) is 4.42. The quantitative estimate of drug-likeness (QED) is 0.313. The van der Waals surface area contributed by atoms with E-state index in [1.165, 1.54) is 6.92 Å². The van der Waals surface area contributed by atoms with Gasteiger partial charge in [0.1, 0.15) is 18.2 Å². The van der Waals surface area contributed by atoms with Gasteiger partial charge < -0.3 is 30.2 Å². The molecule has 0 radical (unpaired) electrons. The van der Waals surface area contributed by atoms with Gasteiger partial charge in [-0.15, -0.1) is 0 Å². The summed E-state index contributed by atoms with van der Waals surface area (Å²) in [6.07, 6.45) is 2.15. The molecule has 9 heteroatoms. The number of nitrogens with one attached hydrogen (secondary N) is 3. The van der Waals surface area contributed by atoms with E-state index in [0.29, 0.717) is 51.7 Å². The van der Waals surface area contributed by atoms with Gasteiger partial charge in [0.05, 0.1) is 32.8 Å². The smallest absolute Gasteiger partial charge is 0.228 e. The van der Waals surface area contributed by atoms with Crippen LogP contribution in [-0.2, 0) is 25.5 Å². The third kappa shape index (κ3) is 7.27. The van der Waals surface area contributed by atoms with Crippen LogP contribution in [-0.4, -0.2) is 56.4 Å². The number of benzene rings is 2. The van der Waals surface area contributed by atoms with Gasteiger partial charge in [0, 0.05) is 36.6 Å². The second-order valence-electron chi connectivity index (χ2n) is 8.20. The van der Waals surface area contributed by atoms with Crippen LogP contribution >= 0.6 is 0 Å². The number of ether oxygens (including phenoxy) is 3. The maximum Gasteiger partial charge on any atom is 0.228 e. The summed E-state index contributed by atoms with van der Waals surface area (Å²) in [5.74, 6) is 1.41. The predicted molar refractivity (Wildman–Crippen MR) is 138 cm³/mol. The highest BCUT2D eigenvalue weighted by Gasteiger charge is 2.18. The fourth-order valence-corrected chi connectivity index (χ4v) is 3.80. The van der Waals surface area contributed by atoms with E-state index in [2.05, 4.69) is 20.9 Å². The first-order chi connectivity index (χ1) is 17.6. The molecule has 1 aliphatic heterocycles. The molecule has 2 aromatic carbocycles. The number of anilines is 3. The van der Waals surface area contributed by atoms with Gasteiger partial charge in [0.25, 0.3) is 0 Å². The third-order valence-electron chi connectivity index (χ3n) is 5.43. The molecule has 4 rings (SSSR count). The van der Waals surface area contributed by atoms with Crippen molar-refractivity contribution in [3.63, 3.8) is 0 Å². The Morgan fingerprint density at radius 3 is 2.58 bits per heavy atom. The van der Waals surface area contributed by atoms with Crippen molar-refractivity contribution in [2.45, 2.75) is 13.3 Å². The van der Waals surface area contributed by atoms with Gasteiger partial charge in [-0.05, 0) is 59.7 Å². The molecule has 0 bridgehead atoms. The first-order valence-corrected chi connectivity index (χ1v) is 11.9. The maximum absolute atomic E-state index is 11.6.